The van der Waals surface area contributed by atoms with Gasteiger partial charge in [-0.05, 0) is 36.6 Å². The first kappa shape index (κ1) is 13.7. The smallest absolute Gasteiger partial charge is 0.246 e. The van der Waals surface area contributed by atoms with Crippen LogP contribution in [0.1, 0.15) is 37.7 Å². The molecule has 0 aliphatic heterocycles. The lowest BCUT2D eigenvalue weighted by Gasteiger charge is -2.33. The van der Waals surface area contributed by atoms with E-state index in [2.05, 4.69) is 6.58 Å². The van der Waals surface area contributed by atoms with Gasteiger partial charge in [-0.2, -0.15) is 0 Å². The van der Waals surface area contributed by atoms with Gasteiger partial charge in [0.15, 0.2) is 0 Å². The van der Waals surface area contributed by atoms with Gasteiger partial charge >= 0.3 is 0 Å². The zero-order valence-electron chi connectivity index (χ0n) is 11.2. The molecule has 1 amide bonds. The summed E-state index contributed by atoms with van der Waals surface area (Å²) in [6.07, 6.45) is 7.22. The van der Waals surface area contributed by atoms with Crippen molar-refractivity contribution in [2.75, 3.05) is 0 Å². The van der Waals surface area contributed by atoms with Gasteiger partial charge in [0.1, 0.15) is 5.75 Å². The van der Waals surface area contributed by atoms with E-state index >= 15 is 0 Å². The van der Waals surface area contributed by atoms with E-state index in [1.165, 1.54) is 25.3 Å². The molecule has 1 aliphatic carbocycles. The minimum absolute atomic E-state index is 0.0000231. The molecule has 1 N–H and O–H groups in total. The average molecular weight is 259 g/mol. The molecule has 0 heterocycles. The number of phenols is 1. The molecule has 19 heavy (non-hydrogen) atoms. The Bertz CT molecular complexity index is 433. The first-order chi connectivity index (χ1) is 9.20. The van der Waals surface area contributed by atoms with Crippen LogP contribution in [0.3, 0.4) is 0 Å². The Morgan fingerprint density at radius 2 is 1.89 bits per heavy atom. The Kier molecular flexibility index (Phi) is 4.61. The summed E-state index contributed by atoms with van der Waals surface area (Å²) in [5.74, 6) is 0.253. The molecule has 0 unspecified atom stereocenters. The van der Waals surface area contributed by atoms with Crippen LogP contribution in [-0.2, 0) is 11.3 Å². The summed E-state index contributed by atoms with van der Waals surface area (Å²) in [6.45, 7) is 4.19. The van der Waals surface area contributed by atoms with E-state index in [4.69, 9.17) is 0 Å². The molecule has 0 bridgehead atoms. The Morgan fingerprint density at radius 1 is 1.26 bits per heavy atom. The Labute approximate surface area is 114 Å². The number of hydrogen-bond acceptors (Lipinski definition) is 2. The largest absolute Gasteiger partial charge is 0.508 e. The van der Waals surface area contributed by atoms with Crippen LogP contribution in [0.15, 0.2) is 36.9 Å². The van der Waals surface area contributed by atoms with E-state index in [9.17, 15) is 9.90 Å². The fourth-order valence-corrected chi connectivity index (χ4v) is 2.69. The average Bonchev–Trinajstić information content (AvgIpc) is 2.47. The highest BCUT2D eigenvalue weighted by atomic mass is 16.3. The van der Waals surface area contributed by atoms with E-state index in [0.29, 0.717) is 12.6 Å². The molecule has 0 saturated heterocycles. The van der Waals surface area contributed by atoms with Crippen molar-refractivity contribution in [2.24, 2.45) is 0 Å². The van der Waals surface area contributed by atoms with Crippen molar-refractivity contribution < 1.29 is 9.90 Å². The lowest BCUT2D eigenvalue weighted by atomic mass is 9.93. The van der Waals surface area contributed by atoms with Gasteiger partial charge in [-0.3, -0.25) is 4.79 Å². The number of phenolic OH excluding ortho intramolecular Hbond substituents is 1. The maximum atomic E-state index is 12.0. The van der Waals surface area contributed by atoms with E-state index < -0.39 is 0 Å². The SMILES string of the molecule is C=CC(=O)N(Cc1ccc(O)cc1)C1CCCCC1. The predicted octanol–water partition coefficient (Wildman–Crippen LogP) is 3.24. The normalized spacial score (nSPS) is 16.0. The summed E-state index contributed by atoms with van der Waals surface area (Å²) in [5.41, 5.74) is 1.04. The molecule has 1 fully saturated rings. The van der Waals surface area contributed by atoms with Crippen molar-refractivity contribution in [3.05, 3.63) is 42.5 Å². The number of hydrogen-bond donors (Lipinski definition) is 1. The molecule has 3 heteroatoms. The fraction of sp³-hybridized carbons (Fsp3) is 0.438. The minimum atomic E-state index is -0.0000231. The highest BCUT2D eigenvalue weighted by molar-refractivity contribution is 5.87. The maximum absolute atomic E-state index is 12.0. The monoisotopic (exact) mass is 259 g/mol. The standard InChI is InChI=1S/C16H21NO2/c1-2-16(19)17(14-6-4-3-5-7-14)12-13-8-10-15(18)11-9-13/h2,8-11,14,18H,1,3-7,12H2. The van der Waals surface area contributed by atoms with Crippen LogP contribution in [0.5, 0.6) is 5.75 Å². The highest BCUT2D eigenvalue weighted by Crippen LogP contribution is 2.24. The van der Waals surface area contributed by atoms with E-state index in [1.54, 1.807) is 12.1 Å². The number of rotatable bonds is 4. The number of carbonyl (C=O) groups is 1. The number of amides is 1. The third kappa shape index (κ3) is 3.60. The maximum Gasteiger partial charge on any atom is 0.246 e. The van der Waals surface area contributed by atoms with Gasteiger partial charge in [-0.1, -0.05) is 38.0 Å². The third-order valence-corrected chi connectivity index (χ3v) is 3.76. The first-order valence-electron chi connectivity index (χ1n) is 6.91. The Balaban J connectivity index is 2.10. The first-order valence-corrected chi connectivity index (χ1v) is 6.91. The van der Waals surface area contributed by atoms with Gasteiger partial charge < -0.3 is 10.0 Å². The van der Waals surface area contributed by atoms with Crippen LogP contribution in [0.25, 0.3) is 0 Å². The van der Waals surface area contributed by atoms with Crippen LogP contribution in [0, 0.1) is 0 Å². The van der Waals surface area contributed by atoms with Crippen molar-refractivity contribution in [3.63, 3.8) is 0 Å². The molecular formula is C16H21NO2. The van der Waals surface area contributed by atoms with E-state index in [1.807, 2.05) is 17.0 Å². The lowest BCUT2D eigenvalue weighted by molar-refractivity contribution is -0.129. The summed E-state index contributed by atoms with van der Waals surface area (Å²) in [7, 11) is 0. The lowest BCUT2D eigenvalue weighted by Crippen LogP contribution is -2.40. The molecule has 0 radical (unpaired) electrons. The topological polar surface area (TPSA) is 40.5 Å². The summed E-state index contributed by atoms with van der Waals surface area (Å²) < 4.78 is 0. The molecule has 1 aliphatic rings. The molecule has 2 rings (SSSR count). The number of carbonyl (C=O) groups excluding carboxylic acids is 1. The second-order valence-corrected chi connectivity index (χ2v) is 5.13. The van der Waals surface area contributed by atoms with Crippen LogP contribution >= 0.6 is 0 Å². The zero-order chi connectivity index (χ0) is 13.7. The minimum Gasteiger partial charge on any atom is -0.508 e. The van der Waals surface area contributed by atoms with Crippen LogP contribution < -0.4 is 0 Å². The van der Waals surface area contributed by atoms with Gasteiger partial charge in [0, 0.05) is 12.6 Å². The van der Waals surface area contributed by atoms with Gasteiger partial charge in [0.2, 0.25) is 5.91 Å². The van der Waals surface area contributed by atoms with Gasteiger partial charge in [0.25, 0.3) is 0 Å². The number of nitrogens with zero attached hydrogens (tertiary/aromatic N) is 1. The van der Waals surface area contributed by atoms with E-state index in [-0.39, 0.29) is 11.7 Å². The molecule has 3 nitrogen and oxygen atoms in total. The highest BCUT2D eigenvalue weighted by Gasteiger charge is 2.23. The van der Waals surface area contributed by atoms with Crippen LogP contribution in [-0.4, -0.2) is 22.0 Å². The van der Waals surface area contributed by atoms with Gasteiger partial charge in [0.05, 0.1) is 0 Å². The zero-order valence-corrected chi connectivity index (χ0v) is 11.2. The van der Waals surface area contributed by atoms with Crippen LogP contribution in [0.2, 0.25) is 0 Å². The summed E-state index contributed by atoms with van der Waals surface area (Å²) >= 11 is 0. The Hall–Kier alpha value is -1.77. The van der Waals surface area contributed by atoms with Gasteiger partial charge in [-0.25, -0.2) is 0 Å². The molecule has 102 valence electrons. The molecule has 1 aromatic rings. The van der Waals surface area contributed by atoms with E-state index in [0.717, 1.165) is 18.4 Å². The second kappa shape index (κ2) is 6.41. The van der Waals surface area contributed by atoms with Crippen molar-refractivity contribution in [2.45, 2.75) is 44.7 Å². The summed E-state index contributed by atoms with van der Waals surface area (Å²) in [5, 5.41) is 9.30. The van der Waals surface area contributed by atoms with Gasteiger partial charge in [-0.15, -0.1) is 0 Å². The van der Waals surface area contributed by atoms with Crippen molar-refractivity contribution >= 4 is 5.91 Å². The quantitative estimate of drug-likeness (QED) is 0.843. The second-order valence-electron chi connectivity index (χ2n) is 5.13. The molecule has 1 aromatic carbocycles. The Morgan fingerprint density at radius 3 is 2.47 bits per heavy atom. The van der Waals surface area contributed by atoms with Crippen molar-refractivity contribution in [3.8, 4) is 5.75 Å². The molecule has 0 atom stereocenters. The van der Waals surface area contributed by atoms with Crippen molar-refractivity contribution in [1.29, 1.82) is 0 Å². The number of aromatic hydroxyl groups is 1. The molecular weight excluding hydrogens is 238 g/mol. The molecule has 0 aromatic heterocycles. The summed E-state index contributed by atoms with van der Waals surface area (Å²) in [6, 6.07) is 7.37. The van der Waals surface area contributed by atoms with Crippen LogP contribution in [0.4, 0.5) is 0 Å². The molecule has 1 saturated carbocycles. The predicted molar refractivity (Wildman–Crippen MR) is 75.7 cm³/mol. The van der Waals surface area contributed by atoms with Crippen molar-refractivity contribution in [1.82, 2.24) is 4.90 Å². The number of benzene rings is 1. The fourth-order valence-electron chi connectivity index (χ4n) is 2.69. The molecule has 0 spiro atoms. The third-order valence-electron chi connectivity index (χ3n) is 3.76. The summed E-state index contributed by atoms with van der Waals surface area (Å²) in [4.78, 5) is 14.0.